The highest BCUT2D eigenvalue weighted by Gasteiger charge is 2.64. The highest BCUT2D eigenvalue weighted by Crippen LogP contribution is 2.62. The standard InChI is InChI=1S/C21H31N5O2/c1-15-11-23-16(12-22-15)18(27)26-9-7-20(8-10-26)5-6-21(19(28)24(2)3)14-25(4)13-17(20)21/h11-12,17H,5-10,13-14H2,1-4H3/t17-,21+/m0/s1. The van der Waals surface area contributed by atoms with E-state index < -0.39 is 0 Å². The van der Waals surface area contributed by atoms with Crippen molar-refractivity contribution in [3.8, 4) is 0 Å². The molecule has 1 saturated carbocycles. The van der Waals surface area contributed by atoms with Crippen LogP contribution in [0.2, 0.25) is 0 Å². The molecule has 0 radical (unpaired) electrons. The van der Waals surface area contributed by atoms with Crippen LogP contribution in [0, 0.1) is 23.7 Å². The number of aryl methyl sites for hydroxylation is 1. The Morgan fingerprint density at radius 2 is 1.82 bits per heavy atom. The fourth-order valence-corrected chi connectivity index (χ4v) is 6.01. The summed E-state index contributed by atoms with van der Waals surface area (Å²) in [4.78, 5) is 40.4. The number of amides is 2. The molecule has 1 aromatic rings. The van der Waals surface area contributed by atoms with E-state index in [1.165, 1.54) is 0 Å². The van der Waals surface area contributed by atoms with Crippen LogP contribution in [0.25, 0.3) is 0 Å². The third kappa shape index (κ3) is 2.91. The summed E-state index contributed by atoms with van der Waals surface area (Å²) in [7, 11) is 5.88. The quantitative estimate of drug-likeness (QED) is 0.770. The molecular formula is C21H31N5O2. The number of likely N-dealkylation sites (tertiary alicyclic amines) is 2. The zero-order valence-electron chi connectivity index (χ0n) is 17.4. The van der Waals surface area contributed by atoms with Crippen LogP contribution < -0.4 is 0 Å². The molecule has 1 spiro atoms. The molecule has 0 bridgehead atoms. The molecule has 2 aliphatic heterocycles. The van der Waals surface area contributed by atoms with Crippen molar-refractivity contribution in [2.24, 2.45) is 16.7 Å². The molecule has 0 aromatic carbocycles. The van der Waals surface area contributed by atoms with Crippen LogP contribution in [-0.4, -0.2) is 83.8 Å². The summed E-state index contributed by atoms with van der Waals surface area (Å²) in [6.07, 6.45) is 7.22. The predicted octanol–water partition coefficient (Wildman–Crippen LogP) is 1.44. The topological polar surface area (TPSA) is 69.6 Å². The van der Waals surface area contributed by atoms with Crippen molar-refractivity contribution in [2.45, 2.75) is 32.6 Å². The number of hydrogen-bond acceptors (Lipinski definition) is 5. The maximum atomic E-state index is 13.1. The Kier molecular flexibility index (Phi) is 4.68. The predicted molar refractivity (Wildman–Crippen MR) is 106 cm³/mol. The van der Waals surface area contributed by atoms with Gasteiger partial charge in [0, 0.05) is 46.5 Å². The van der Waals surface area contributed by atoms with Crippen LogP contribution in [0.4, 0.5) is 0 Å². The number of rotatable bonds is 2. The second kappa shape index (κ2) is 6.79. The van der Waals surface area contributed by atoms with E-state index in [0.29, 0.717) is 11.6 Å². The average Bonchev–Trinajstić information content (AvgIpc) is 3.17. The molecular weight excluding hydrogens is 354 g/mol. The van der Waals surface area contributed by atoms with Gasteiger partial charge >= 0.3 is 0 Å². The summed E-state index contributed by atoms with van der Waals surface area (Å²) in [6, 6.07) is 0. The average molecular weight is 386 g/mol. The lowest BCUT2D eigenvalue weighted by molar-refractivity contribution is -0.141. The zero-order valence-corrected chi connectivity index (χ0v) is 17.4. The fraction of sp³-hybridized carbons (Fsp3) is 0.714. The number of hydrogen-bond donors (Lipinski definition) is 0. The number of carbonyl (C=O) groups is 2. The minimum atomic E-state index is -0.243. The van der Waals surface area contributed by atoms with Crippen molar-refractivity contribution >= 4 is 11.8 Å². The van der Waals surface area contributed by atoms with Crippen LogP contribution in [0.1, 0.15) is 41.9 Å². The van der Waals surface area contributed by atoms with Gasteiger partial charge in [0.15, 0.2) is 0 Å². The number of aromatic nitrogens is 2. The maximum absolute atomic E-state index is 13.1. The van der Waals surface area contributed by atoms with E-state index in [0.717, 1.165) is 57.6 Å². The van der Waals surface area contributed by atoms with Gasteiger partial charge in [0.25, 0.3) is 5.91 Å². The molecule has 2 saturated heterocycles. The van der Waals surface area contributed by atoms with Gasteiger partial charge in [-0.05, 0) is 51.0 Å². The van der Waals surface area contributed by atoms with Crippen molar-refractivity contribution in [1.29, 1.82) is 0 Å². The molecule has 7 nitrogen and oxygen atoms in total. The Morgan fingerprint density at radius 3 is 2.43 bits per heavy atom. The molecule has 0 N–H and O–H groups in total. The summed E-state index contributed by atoms with van der Waals surface area (Å²) in [5.41, 5.74) is 1.16. The Bertz CT molecular complexity index is 770. The van der Waals surface area contributed by atoms with Gasteiger partial charge in [-0.1, -0.05) is 0 Å². The van der Waals surface area contributed by atoms with Crippen LogP contribution in [-0.2, 0) is 4.79 Å². The van der Waals surface area contributed by atoms with Gasteiger partial charge in [-0.25, -0.2) is 4.98 Å². The minimum Gasteiger partial charge on any atom is -0.348 e. The molecule has 2 amide bonds. The fourth-order valence-electron chi connectivity index (χ4n) is 6.01. The van der Waals surface area contributed by atoms with Gasteiger partial charge < -0.3 is 14.7 Å². The number of fused-ring (bicyclic) bond motifs is 2. The molecule has 3 aliphatic rings. The minimum absolute atomic E-state index is 0.0282. The van der Waals surface area contributed by atoms with E-state index in [4.69, 9.17) is 0 Å². The molecule has 2 atom stereocenters. The summed E-state index contributed by atoms with van der Waals surface area (Å²) < 4.78 is 0. The molecule has 7 heteroatoms. The molecule has 4 rings (SSSR count). The van der Waals surface area contributed by atoms with Gasteiger partial charge in [-0.2, -0.15) is 0 Å². The first kappa shape index (κ1) is 19.3. The van der Waals surface area contributed by atoms with Gasteiger partial charge in [0.2, 0.25) is 5.91 Å². The van der Waals surface area contributed by atoms with Gasteiger partial charge in [-0.15, -0.1) is 0 Å². The van der Waals surface area contributed by atoms with E-state index in [9.17, 15) is 9.59 Å². The van der Waals surface area contributed by atoms with Gasteiger partial charge in [-0.3, -0.25) is 14.6 Å². The van der Waals surface area contributed by atoms with Crippen LogP contribution >= 0.6 is 0 Å². The third-order valence-electron chi connectivity index (χ3n) is 7.40. The first-order valence-electron chi connectivity index (χ1n) is 10.3. The lowest BCUT2D eigenvalue weighted by Crippen LogP contribution is -2.49. The van der Waals surface area contributed by atoms with Gasteiger partial charge in [0.1, 0.15) is 5.69 Å². The smallest absolute Gasteiger partial charge is 0.274 e. The van der Waals surface area contributed by atoms with E-state index >= 15 is 0 Å². The second-order valence-electron chi connectivity index (χ2n) is 9.30. The summed E-state index contributed by atoms with van der Waals surface area (Å²) in [6.45, 7) is 5.18. The van der Waals surface area contributed by atoms with Crippen LogP contribution in [0.3, 0.4) is 0 Å². The molecule has 28 heavy (non-hydrogen) atoms. The number of carbonyl (C=O) groups excluding carboxylic acids is 2. The highest BCUT2D eigenvalue weighted by atomic mass is 16.2. The Hall–Kier alpha value is -2.02. The second-order valence-corrected chi connectivity index (χ2v) is 9.30. The summed E-state index contributed by atoms with van der Waals surface area (Å²) in [5.74, 6) is 0.642. The van der Waals surface area contributed by atoms with Crippen LogP contribution in [0.5, 0.6) is 0 Å². The molecule has 3 fully saturated rings. The molecule has 0 unspecified atom stereocenters. The Morgan fingerprint density at radius 1 is 1.11 bits per heavy atom. The first-order chi connectivity index (χ1) is 13.3. The third-order valence-corrected chi connectivity index (χ3v) is 7.40. The molecule has 152 valence electrons. The maximum Gasteiger partial charge on any atom is 0.274 e. The summed E-state index contributed by atoms with van der Waals surface area (Å²) in [5, 5.41) is 0. The van der Waals surface area contributed by atoms with Crippen molar-refractivity contribution in [1.82, 2.24) is 24.7 Å². The summed E-state index contributed by atoms with van der Waals surface area (Å²) >= 11 is 0. The monoisotopic (exact) mass is 385 g/mol. The first-order valence-corrected chi connectivity index (χ1v) is 10.3. The Balaban J connectivity index is 1.50. The number of nitrogens with zero attached hydrogens (tertiary/aromatic N) is 5. The largest absolute Gasteiger partial charge is 0.348 e. The van der Waals surface area contributed by atoms with E-state index in [-0.39, 0.29) is 22.6 Å². The van der Waals surface area contributed by atoms with Crippen molar-refractivity contribution in [3.05, 3.63) is 23.8 Å². The van der Waals surface area contributed by atoms with Crippen LogP contribution in [0.15, 0.2) is 12.4 Å². The zero-order chi connectivity index (χ0) is 20.1. The van der Waals surface area contributed by atoms with Crippen molar-refractivity contribution in [3.63, 3.8) is 0 Å². The lowest BCUT2D eigenvalue weighted by atomic mass is 9.65. The molecule has 3 heterocycles. The van der Waals surface area contributed by atoms with E-state index in [1.54, 1.807) is 17.3 Å². The highest BCUT2D eigenvalue weighted by molar-refractivity contribution is 5.92. The Labute approximate surface area is 167 Å². The molecule has 1 aromatic heterocycles. The lowest BCUT2D eigenvalue weighted by Gasteiger charge is -2.44. The normalized spacial score (nSPS) is 29.1. The van der Waals surface area contributed by atoms with E-state index in [2.05, 4.69) is 21.9 Å². The SMILES string of the molecule is Cc1cnc(C(=O)N2CCC3(CC2)CC[C@@]2(C(=O)N(C)C)CN(C)C[C@@H]32)cn1. The van der Waals surface area contributed by atoms with Gasteiger partial charge in [0.05, 0.1) is 17.3 Å². The number of piperidine rings is 1. The van der Waals surface area contributed by atoms with E-state index in [1.807, 2.05) is 25.9 Å². The van der Waals surface area contributed by atoms with Crippen molar-refractivity contribution < 1.29 is 9.59 Å². The van der Waals surface area contributed by atoms with Crippen molar-refractivity contribution in [2.75, 3.05) is 47.3 Å². The molecule has 1 aliphatic carbocycles.